The number of carbonyl (C=O) groups is 1. The topological polar surface area (TPSA) is 155 Å². The number of hydrogen-bond acceptors (Lipinski definition) is 10. The number of aromatic hydroxyl groups is 1. The molecule has 33 heavy (non-hydrogen) atoms. The molecule has 1 atom stereocenters. The number of rotatable bonds is 7. The van der Waals surface area contributed by atoms with E-state index in [1.54, 1.807) is 32.9 Å². The van der Waals surface area contributed by atoms with Crippen molar-refractivity contribution in [1.82, 2.24) is 14.8 Å². The SMILES string of the molecule is CCOC(=O)C1=C(C)Nc2nc(-c3ccco3)nn2C1c1cc(OCC)c(O)c([N+](=O)[O-])c1. The van der Waals surface area contributed by atoms with Gasteiger partial charge in [-0.15, -0.1) is 5.10 Å². The van der Waals surface area contributed by atoms with Crippen LogP contribution in [0.25, 0.3) is 11.6 Å². The lowest BCUT2D eigenvalue weighted by Gasteiger charge is -2.28. The normalized spacial score (nSPS) is 15.1. The Morgan fingerprint density at radius 1 is 1.36 bits per heavy atom. The van der Waals surface area contributed by atoms with Crippen LogP contribution >= 0.6 is 0 Å². The zero-order chi connectivity index (χ0) is 23.7. The van der Waals surface area contributed by atoms with E-state index < -0.39 is 28.4 Å². The molecular formula is C21H21N5O7. The largest absolute Gasteiger partial charge is 0.500 e. The third kappa shape index (κ3) is 3.86. The van der Waals surface area contributed by atoms with Crippen molar-refractivity contribution in [2.24, 2.45) is 0 Å². The van der Waals surface area contributed by atoms with E-state index in [1.165, 1.54) is 23.1 Å². The highest BCUT2D eigenvalue weighted by atomic mass is 16.6. The summed E-state index contributed by atoms with van der Waals surface area (Å²) in [4.78, 5) is 28.3. The Morgan fingerprint density at radius 2 is 2.15 bits per heavy atom. The van der Waals surface area contributed by atoms with E-state index in [0.29, 0.717) is 17.4 Å². The van der Waals surface area contributed by atoms with Crippen LogP contribution < -0.4 is 10.1 Å². The predicted molar refractivity (Wildman–Crippen MR) is 115 cm³/mol. The molecule has 1 aliphatic heterocycles. The number of ether oxygens (including phenoxy) is 2. The number of allylic oxidation sites excluding steroid dienone is 1. The number of phenolic OH excluding ortho intramolecular Hbond substituents is 1. The molecule has 172 valence electrons. The third-order valence-corrected chi connectivity index (χ3v) is 4.98. The van der Waals surface area contributed by atoms with Gasteiger partial charge in [-0.1, -0.05) is 0 Å². The summed E-state index contributed by atoms with van der Waals surface area (Å²) in [6.07, 6.45) is 1.48. The summed E-state index contributed by atoms with van der Waals surface area (Å²) < 4.78 is 17.5. The molecule has 2 N–H and O–H groups in total. The minimum Gasteiger partial charge on any atom is -0.500 e. The molecule has 3 heterocycles. The lowest BCUT2D eigenvalue weighted by molar-refractivity contribution is -0.386. The van der Waals surface area contributed by atoms with Crippen LogP contribution in [0.15, 0.2) is 46.2 Å². The fourth-order valence-corrected chi connectivity index (χ4v) is 3.62. The van der Waals surface area contributed by atoms with Gasteiger partial charge in [0.15, 0.2) is 11.5 Å². The van der Waals surface area contributed by atoms with Gasteiger partial charge in [0.1, 0.15) is 6.04 Å². The lowest BCUT2D eigenvalue weighted by atomic mass is 9.95. The van der Waals surface area contributed by atoms with Gasteiger partial charge < -0.3 is 24.3 Å². The molecule has 2 aromatic heterocycles. The summed E-state index contributed by atoms with van der Waals surface area (Å²) in [7, 11) is 0. The minimum absolute atomic E-state index is 0.0889. The monoisotopic (exact) mass is 455 g/mol. The number of nitro benzene ring substituents is 1. The van der Waals surface area contributed by atoms with Crippen LogP contribution in [-0.2, 0) is 9.53 Å². The maximum atomic E-state index is 12.9. The molecular weight excluding hydrogens is 434 g/mol. The number of nitrogens with one attached hydrogen (secondary N) is 1. The molecule has 0 saturated carbocycles. The predicted octanol–water partition coefficient (Wildman–Crippen LogP) is 3.40. The van der Waals surface area contributed by atoms with Gasteiger partial charge in [0.05, 0.1) is 30.0 Å². The third-order valence-electron chi connectivity index (χ3n) is 4.98. The number of anilines is 1. The van der Waals surface area contributed by atoms with Crippen LogP contribution in [0.4, 0.5) is 11.6 Å². The van der Waals surface area contributed by atoms with Gasteiger partial charge >= 0.3 is 11.7 Å². The van der Waals surface area contributed by atoms with E-state index in [9.17, 15) is 20.0 Å². The summed E-state index contributed by atoms with van der Waals surface area (Å²) in [6.45, 7) is 5.32. The smallest absolute Gasteiger partial charge is 0.338 e. The molecule has 0 saturated heterocycles. The second-order valence-electron chi connectivity index (χ2n) is 7.04. The Balaban J connectivity index is 1.95. The molecule has 0 radical (unpaired) electrons. The van der Waals surface area contributed by atoms with E-state index in [0.717, 1.165) is 0 Å². The molecule has 12 heteroatoms. The summed E-state index contributed by atoms with van der Waals surface area (Å²) in [5.41, 5.74) is 0.341. The Kier molecular flexibility index (Phi) is 5.73. The van der Waals surface area contributed by atoms with Crippen LogP contribution in [-0.4, -0.2) is 44.0 Å². The summed E-state index contributed by atoms with van der Waals surface area (Å²) >= 11 is 0. The number of furan rings is 1. The first-order valence-corrected chi connectivity index (χ1v) is 10.1. The van der Waals surface area contributed by atoms with Gasteiger partial charge in [-0.05, 0) is 44.5 Å². The molecule has 1 aromatic carbocycles. The second-order valence-corrected chi connectivity index (χ2v) is 7.04. The average Bonchev–Trinajstić information content (AvgIpc) is 3.44. The zero-order valence-corrected chi connectivity index (χ0v) is 18.1. The molecule has 1 unspecified atom stereocenters. The molecule has 0 bridgehead atoms. The quantitative estimate of drug-likeness (QED) is 0.307. The summed E-state index contributed by atoms with van der Waals surface area (Å²) in [5, 5.41) is 29.5. The van der Waals surface area contributed by atoms with Crippen LogP contribution in [0.1, 0.15) is 32.4 Å². The molecule has 0 fully saturated rings. The van der Waals surface area contributed by atoms with Gasteiger partial charge in [0.25, 0.3) is 0 Å². The number of nitro groups is 1. The Hall–Kier alpha value is -4.35. The number of hydrogen-bond donors (Lipinski definition) is 2. The number of phenols is 1. The molecule has 0 spiro atoms. The fourth-order valence-electron chi connectivity index (χ4n) is 3.62. The van der Waals surface area contributed by atoms with Gasteiger partial charge in [-0.25, -0.2) is 9.48 Å². The van der Waals surface area contributed by atoms with Gasteiger partial charge in [-0.2, -0.15) is 4.98 Å². The van der Waals surface area contributed by atoms with Crippen molar-refractivity contribution >= 4 is 17.6 Å². The Bertz CT molecular complexity index is 1250. The number of fused-ring (bicyclic) bond motifs is 1. The molecule has 0 aliphatic carbocycles. The maximum Gasteiger partial charge on any atom is 0.338 e. The van der Waals surface area contributed by atoms with Crippen molar-refractivity contribution in [1.29, 1.82) is 0 Å². The molecule has 12 nitrogen and oxygen atoms in total. The van der Waals surface area contributed by atoms with Crippen molar-refractivity contribution < 1.29 is 28.7 Å². The molecule has 0 amide bonds. The van der Waals surface area contributed by atoms with Crippen LogP contribution in [0.2, 0.25) is 0 Å². The van der Waals surface area contributed by atoms with E-state index in [2.05, 4.69) is 15.4 Å². The van der Waals surface area contributed by atoms with Gasteiger partial charge in [0, 0.05) is 11.8 Å². The van der Waals surface area contributed by atoms with Gasteiger partial charge in [-0.3, -0.25) is 10.1 Å². The Labute approximate surface area is 187 Å². The fraction of sp³-hybridized carbons (Fsp3) is 0.286. The molecule has 1 aliphatic rings. The van der Waals surface area contributed by atoms with Crippen LogP contribution in [0.5, 0.6) is 11.5 Å². The first-order chi connectivity index (χ1) is 15.8. The number of nitrogens with zero attached hydrogens (tertiary/aromatic N) is 4. The highest BCUT2D eigenvalue weighted by molar-refractivity contribution is 5.92. The van der Waals surface area contributed by atoms with Crippen molar-refractivity contribution in [3.63, 3.8) is 0 Å². The summed E-state index contributed by atoms with van der Waals surface area (Å²) in [5.74, 6) is -0.363. The Morgan fingerprint density at radius 3 is 2.79 bits per heavy atom. The van der Waals surface area contributed by atoms with E-state index in [-0.39, 0.29) is 35.9 Å². The van der Waals surface area contributed by atoms with E-state index >= 15 is 0 Å². The van der Waals surface area contributed by atoms with E-state index in [4.69, 9.17) is 13.9 Å². The van der Waals surface area contributed by atoms with Crippen LogP contribution in [0.3, 0.4) is 0 Å². The van der Waals surface area contributed by atoms with Crippen molar-refractivity contribution in [2.75, 3.05) is 18.5 Å². The van der Waals surface area contributed by atoms with Crippen LogP contribution in [0, 0.1) is 10.1 Å². The van der Waals surface area contributed by atoms with Crippen molar-refractivity contribution in [3.8, 4) is 23.1 Å². The van der Waals surface area contributed by atoms with Crippen molar-refractivity contribution in [2.45, 2.75) is 26.8 Å². The standard InChI is InChI=1S/C21H21N5O7/c1-4-31-15-10-12(9-13(18(15)27)26(29)30)17-16(20(28)32-5-2)11(3)22-21-23-19(24-25(17)21)14-7-6-8-33-14/h6-10,17,27H,4-5H2,1-3H3,(H,22,23,24). The van der Waals surface area contributed by atoms with E-state index in [1.807, 2.05) is 0 Å². The first-order valence-electron chi connectivity index (χ1n) is 10.1. The highest BCUT2D eigenvalue weighted by Gasteiger charge is 2.37. The van der Waals surface area contributed by atoms with Gasteiger partial charge in [0.2, 0.25) is 17.5 Å². The first kappa shape index (κ1) is 21.9. The minimum atomic E-state index is -0.949. The van der Waals surface area contributed by atoms with Crippen molar-refractivity contribution in [3.05, 3.63) is 57.5 Å². The lowest BCUT2D eigenvalue weighted by Crippen LogP contribution is -2.29. The summed E-state index contributed by atoms with van der Waals surface area (Å²) in [6, 6.07) is 5.03. The molecule has 3 aromatic rings. The number of aromatic nitrogens is 3. The number of carbonyl (C=O) groups excluding carboxylic acids is 1. The average molecular weight is 455 g/mol. The number of benzene rings is 1. The highest BCUT2D eigenvalue weighted by Crippen LogP contribution is 2.43. The number of esters is 1. The second kappa shape index (κ2) is 8.65. The zero-order valence-electron chi connectivity index (χ0n) is 18.1. The molecule has 4 rings (SSSR count). The maximum absolute atomic E-state index is 12.9.